The van der Waals surface area contributed by atoms with E-state index in [1.54, 1.807) is 18.2 Å². The maximum atomic E-state index is 13.6. The molecule has 0 unspecified atom stereocenters. The van der Waals surface area contributed by atoms with Crippen LogP contribution in [0.4, 0.5) is 15.9 Å². The molecule has 0 spiro atoms. The molecule has 0 atom stereocenters. The second kappa shape index (κ2) is 8.20. The molecule has 1 amide bonds. The average molecular weight is 350 g/mol. The van der Waals surface area contributed by atoms with Gasteiger partial charge in [-0.25, -0.2) is 14.4 Å². The predicted molar refractivity (Wildman–Crippen MR) is 98.7 cm³/mol. The summed E-state index contributed by atoms with van der Waals surface area (Å²) in [5.74, 6) is -0.216. The number of amides is 1. The molecule has 0 fully saturated rings. The van der Waals surface area contributed by atoms with E-state index in [0.29, 0.717) is 11.4 Å². The van der Waals surface area contributed by atoms with Crippen molar-refractivity contribution in [3.63, 3.8) is 0 Å². The van der Waals surface area contributed by atoms with Gasteiger partial charge >= 0.3 is 0 Å². The SMILES string of the molecule is CCc1ccc(Nc2cnc(C(=O)NCc3ccccc3F)cn2)cc1. The van der Waals surface area contributed by atoms with Crippen LogP contribution in [0.1, 0.15) is 28.5 Å². The summed E-state index contributed by atoms with van der Waals surface area (Å²) in [7, 11) is 0. The first-order valence-corrected chi connectivity index (χ1v) is 8.35. The van der Waals surface area contributed by atoms with Crippen molar-refractivity contribution in [1.82, 2.24) is 15.3 Å². The Labute approximate surface area is 151 Å². The van der Waals surface area contributed by atoms with E-state index in [1.165, 1.54) is 24.0 Å². The van der Waals surface area contributed by atoms with Gasteiger partial charge in [-0.15, -0.1) is 0 Å². The van der Waals surface area contributed by atoms with Gasteiger partial charge in [0.05, 0.1) is 12.4 Å². The summed E-state index contributed by atoms with van der Waals surface area (Å²) in [5, 5.41) is 5.77. The molecule has 26 heavy (non-hydrogen) atoms. The summed E-state index contributed by atoms with van der Waals surface area (Å²) in [5.41, 5.74) is 2.74. The summed E-state index contributed by atoms with van der Waals surface area (Å²) in [4.78, 5) is 20.4. The number of benzene rings is 2. The van der Waals surface area contributed by atoms with Crippen molar-refractivity contribution < 1.29 is 9.18 Å². The number of nitrogens with one attached hydrogen (secondary N) is 2. The molecule has 132 valence electrons. The number of hydrogen-bond donors (Lipinski definition) is 2. The highest BCUT2D eigenvalue weighted by atomic mass is 19.1. The summed E-state index contributed by atoms with van der Waals surface area (Å²) < 4.78 is 13.6. The van der Waals surface area contributed by atoms with Gasteiger partial charge in [0, 0.05) is 17.8 Å². The second-order valence-corrected chi connectivity index (χ2v) is 5.74. The topological polar surface area (TPSA) is 66.9 Å². The van der Waals surface area contributed by atoms with Gasteiger partial charge in [-0.2, -0.15) is 0 Å². The maximum absolute atomic E-state index is 13.6. The Bertz CT molecular complexity index is 879. The summed E-state index contributed by atoms with van der Waals surface area (Å²) in [6, 6.07) is 14.3. The normalized spacial score (nSPS) is 10.4. The standard InChI is InChI=1S/C20H19FN4O/c1-2-14-7-9-16(10-8-14)25-19-13-22-18(12-23-19)20(26)24-11-15-5-3-4-6-17(15)21/h3-10,12-13H,2,11H2,1H3,(H,23,25)(H,24,26). The first kappa shape index (κ1) is 17.5. The van der Waals surface area contributed by atoms with Gasteiger partial charge < -0.3 is 10.6 Å². The number of rotatable bonds is 6. The van der Waals surface area contributed by atoms with Crippen molar-refractivity contribution in [3.8, 4) is 0 Å². The number of aromatic nitrogens is 2. The number of aryl methyl sites for hydroxylation is 1. The molecule has 0 saturated heterocycles. The highest BCUT2D eigenvalue weighted by Crippen LogP contribution is 2.15. The van der Waals surface area contributed by atoms with Gasteiger partial charge in [-0.1, -0.05) is 37.3 Å². The number of carbonyl (C=O) groups excluding carboxylic acids is 1. The minimum atomic E-state index is -0.403. The third-order valence-corrected chi connectivity index (χ3v) is 3.92. The van der Waals surface area contributed by atoms with Crippen LogP contribution in [-0.4, -0.2) is 15.9 Å². The zero-order valence-corrected chi connectivity index (χ0v) is 14.4. The first-order valence-electron chi connectivity index (χ1n) is 8.35. The molecule has 0 aliphatic heterocycles. The monoisotopic (exact) mass is 350 g/mol. The van der Waals surface area contributed by atoms with E-state index in [-0.39, 0.29) is 18.1 Å². The zero-order chi connectivity index (χ0) is 18.4. The van der Waals surface area contributed by atoms with E-state index in [1.807, 2.05) is 24.3 Å². The highest BCUT2D eigenvalue weighted by Gasteiger charge is 2.09. The van der Waals surface area contributed by atoms with E-state index in [0.717, 1.165) is 12.1 Å². The molecule has 0 bridgehead atoms. The van der Waals surface area contributed by atoms with Crippen LogP contribution in [0.25, 0.3) is 0 Å². The van der Waals surface area contributed by atoms with Gasteiger partial charge in [-0.05, 0) is 30.2 Å². The Kier molecular flexibility index (Phi) is 5.53. The van der Waals surface area contributed by atoms with Gasteiger partial charge in [-0.3, -0.25) is 4.79 Å². The zero-order valence-electron chi connectivity index (χ0n) is 14.4. The van der Waals surface area contributed by atoms with E-state index in [9.17, 15) is 9.18 Å². The predicted octanol–water partition coefficient (Wildman–Crippen LogP) is 3.85. The Balaban J connectivity index is 1.59. The largest absolute Gasteiger partial charge is 0.346 e. The molecule has 2 aromatic carbocycles. The van der Waals surface area contributed by atoms with Crippen LogP contribution in [0, 0.1) is 5.82 Å². The highest BCUT2D eigenvalue weighted by molar-refractivity contribution is 5.92. The molecular weight excluding hydrogens is 331 g/mol. The third-order valence-electron chi connectivity index (χ3n) is 3.92. The summed E-state index contributed by atoms with van der Waals surface area (Å²) in [6.45, 7) is 2.20. The van der Waals surface area contributed by atoms with Crippen LogP contribution in [0.2, 0.25) is 0 Å². The van der Waals surface area contributed by atoms with E-state index in [4.69, 9.17) is 0 Å². The van der Waals surface area contributed by atoms with E-state index < -0.39 is 5.91 Å². The van der Waals surface area contributed by atoms with Crippen molar-refractivity contribution in [1.29, 1.82) is 0 Å². The van der Waals surface area contributed by atoms with Crippen molar-refractivity contribution in [3.05, 3.63) is 83.6 Å². The third kappa shape index (κ3) is 4.42. The number of halogens is 1. The van der Waals surface area contributed by atoms with Crippen molar-refractivity contribution >= 4 is 17.4 Å². The Hall–Kier alpha value is -3.28. The Morgan fingerprint density at radius 3 is 2.46 bits per heavy atom. The molecule has 2 N–H and O–H groups in total. The van der Waals surface area contributed by atoms with Crippen LogP contribution in [0.5, 0.6) is 0 Å². The molecule has 0 radical (unpaired) electrons. The quantitative estimate of drug-likeness (QED) is 0.709. The minimum absolute atomic E-state index is 0.0942. The van der Waals surface area contributed by atoms with Gasteiger partial charge in [0.15, 0.2) is 0 Å². The van der Waals surface area contributed by atoms with Crippen LogP contribution in [-0.2, 0) is 13.0 Å². The number of nitrogens with zero attached hydrogens (tertiary/aromatic N) is 2. The second-order valence-electron chi connectivity index (χ2n) is 5.74. The van der Waals surface area contributed by atoms with Crippen molar-refractivity contribution in [2.24, 2.45) is 0 Å². The van der Waals surface area contributed by atoms with Crippen molar-refractivity contribution in [2.75, 3.05) is 5.32 Å². The van der Waals surface area contributed by atoms with Crippen LogP contribution in [0.15, 0.2) is 60.9 Å². The van der Waals surface area contributed by atoms with E-state index >= 15 is 0 Å². The van der Waals surface area contributed by atoms with Crippen LogP contribution >= 0.6 is 0 Å². The number of hydrogen-bond acceptors (Lipinski definition) is 4. The molecule has 1 heterocycles. The minimum Gasteiger partial charge on any atom is -0.346 e. The lowest BCUT2D eigenvalue weighted by Crippen LogP contribution is -2.24. The summed E-state index contributed by atoms with van der Waals surface area (Å²) >= 11 is 0. The fourth-order valence-electron chi connectivity index (χ4n) is 2.39. The molecule has 3 aromatic rings. The smallest absolute Gasteiger partial charge is 0.271 e. The molecule has 3 rings (SSSR count). The first-order chi connectivity index (χ1) is 12.7. The van der Waals surface area contributed by atoms with Gasteiger partial charge in [0.25, 0.3) is 5.91 Å². The average Bonchev–Trinajstić information content (AvgIpc) is 2.68. The molecular formula is C20H19FN4O. The maximum Gasteiger partial charge on any atom is 0.271 e. The van der Waals surface area contributed by atoms with Crippen molar-refractivity contribution in [2.45, 2.75) is 19.9 Å². The fraction of sp³-hybridized carbons (Fsp3) is 0.150. The fourth-order valence-corrected chi connectivity index (χ4v) is 2.39. The lowest BCUT2D eigenvalue weighted by Gasteiger charge is -2.08. The lowest BCUT2D eigenvalue weighted by atomic mass is 10.1. The van der Waals surface area contributed by atoms with Gasteiger partial charge in [0.2, 0.25) is 0 Å². The van der Waals surface area contributed by atoms with Crippen LogP contribution < -0.4 is 10.6 Å². The lowest BCUT2D eigenvalue weighted by molar-refractivity contribution is 0.0945. The molecule has 6 heteroatoms. The summed E-state index contributed by atoms with van der Waals surface area (Å²) in [6.07, 6.45) is 3.86. The number of carbonyl (C=O) groups is 1. The molecule has 1 aromatic heterocycles. The van der Waals surface area contributed by atoms with Gasteiger partial charge in [0.1, 0.15) is 17.3 Å². The Morgan fingerprint density at radius 1 is 1.04 bits per heavy atom. The molecule has 0 aliphatic carbocycles. The Morgan fingerprint density at radius 2 is 1.81 bits per heavy atom. The number of anilines is 2. The van der Waals surface area contributed by atoms with Crippen LogP contribution in [0.3, 0.4) is 0 Å². The molecule has 0 aliphatic rings. The molecule has 0 saturated carbocycles. The van der Waals surface area contributed by atoms with E-state index in [2.05, 4.69) is 27.5 Å². The molecule has 5 nitrogen and oxygen atoms in total.